The Hall–Kier alpha value is -3.86. The van der Waals surface area contributed by atoms with Gasteiger partial charge in [0.25, 0.3) is 0 Å². The minimum absolute atomic E-state index is 0.118. The van der Waals surface area contributed by atoms with Gasteiger partial charge < -0.3 is 14.7 Å². The minimum atomic E-state index is -0.536. The molecule has 1 aliphatic heterocycles. The Morgan fingerprint density at radius 3 is 2.94 bits per heavy atom. The number of aliphatic hydroxyl groups is 1. The fourth-order valence-electron chi connectivity index (χ4n) is 3.32. The van der Waals surface area contributed by atoms with E-state index in [1.165, 1.54) is 23.4 Å². The van der Waals surface area contributed by atoms with Gasteiger partial charge in [0.1, 0.15) is 18.0 Å². The molecule has 0 aliphatic carbocycles. The summed E-state index contributed by atoms with van der Waals surface area (Å²) in [7, 11) is 0. The van der Waals surface area contributed by atoms with Crippen molar-refractivity contribution in [2.75, 3.05) is 18.1 Å². The van der Waals surface area contributed by atoms with Gasteiger partial charge in [-0.3, -0.25) is 9.88 Å². The van der Waals surface area contributed by atoms with Crippen LogP contribution in [0, 0.1) is 5.82 Å². The van der Waals surface area contributed by atoms with Crippen molar-refractivity contribution in [2.45, 2.75) is 32.1 Å². The number of hydrogen-bond donors (Lipinski definition) is 1. The predicted molar refractivity (Wildman–Crippen MR) is 117 cm³/mol. The number of aromatic nitrogens is 4. The molecule has 1 saturated heterocycles. The topological polar surface area (TPSA) is 115 Å². The van der Waals surface area contributed by atoms with Crippen molar-refractivity contribution in [3.05, 3.63) is 60.4 Å². The molecule has 2 aromatic heterocycles. The van der Waals surface area contributed by atoms with Gasteiger partial charge in [0.05, 0.1) is 43.5 Å². The zero-order chi connectivity index (χ0) is 23.2. The van der Waals surface area contributed by atoms with Crippen LogP contribution in [-0.2, 0) is 16.1 Å². The van der Waals surface area contributed by atoms with Crippen molar-refractivity contribution in [3.63, 3.8) is 0 Å². The molecule has 1 fully saturated rings. The highest BCUT2D eigenvalue weighted by molar-refractivity contribution is 5.90. The summed E-state index contributed by atoms with van der Waals surface area (Å²) in [5.74, 6) is -0.486. The highest BCUT2D eigenvalue weighted by atomic mass is 19.1. The SMILES string of the molecule is CCC(CO)O/N=C/c1ccc(-c2ccc(N3CC(Cn4ccnn4)OC3=O)cc2F)cn1. The fraction of sp³-hybridized carbons (Fsp3) is 0.318. The Balaban J connectivity index is 1.42. The first kappa shape index (κ1) is 22.3. The Kier molecular flexibility index (Phi) is 6.89. The number of aliphatic hydroxyl groups excluding tert-OH is 1. The molecule has 0 saturated carbocycles. The number of pyridine rings is 1. The van der Waals surface area contributed by atoms with Gasteiger partial charge >= 0.3 is 6.09 Å². The van der Waals surface area contributed by atoms with Crippen LogP contribution >= 0.6 is 0 Å². The van der Waals surface area contributed by atoms with Crippen LogP contribution in [0.3, 0.4) is 0 Å². The molecule has 172 valence electrons. The van der Waals surface area contributed by atoms with Crippen molar-refractivity contribution in [1.82, 2.24) is 20.0 Å². The first-order chi connectivity index (χ1) is 16.1. The molecule has 3 heterocycles. The van der Waals surface area contributed by atoms with Crippen molar-refractivity contribution >= 4 is 18.0 Å². The van der Waals surface area contributed by atoms with Gasteiger partial charge in [-0.15, -0.1) is 5.10 Å². The Morgan fingerprint density at radius 1 is 1.39 bits per heavy atom. The summed E-state index contributed by atoms with van der Waals surface area (Å²) in [6, 6.07) is 7.97. The molecule has 3 aromatic rings. The third kappa shape index (κ3) is 5.32. The summed E-state index contributed by atoms with van der Waals surface area (Å²) in [4.78, 5) is 23.1. The summed E-state index contributed by atoms with van der Waals surface area (Å²) in [5, 5.41) is 20.5. The number of hydrogen-bond acceptors (Lipinski definition) is 8. The molecule has 0 bridgehead atoms. The van der Waals surface area contributed by atoms with Crippen molar-refractivity contribution in [3.8, 4) is 11.1 Å². The molecule has 1 aliphatic rings. The van der Waals surface area contributed by atoms with Crippen LogP contribution in [-0.4, -0.2) is 62.8 Å². The summed E-state index contributed by atoms with van der Waals surface area (Å²) in [6.45, 7) is 2.42. The zero-order valence-corrected chi connectivity index (χ0v) is 17.9. The number of cyclic esters (lactones) is 1. The maximum atomic E-state index is 14.9. The molecule has 0 radical (unpaired) electrons. The molecule has 1 N–H and O–H groups in total. The predicted octanol–water partition coefficient (Wildman–Crippen LogP) is 2.63. The zero-order valence-electron chi connectivity index (χ0n) is 17.9. The molecular formula is C22H23FN6O4. The van der Waals surface area contributed by atoms with E-state index >= 15 is 0 Å². The van der Waals surface area contributed by atoms with Crippen LogP contribution in [0.15, 0.2) is 54.1 Å². The molecule has 1 aromatic carbocycles. The third-order valence-electron chi connectivity index (χ3n) is 5.15. The molecule has 1 amide bonds. The van der Waals surface area contributed by atoms with Crippen LogP contribution < -0.4 is 4.90 Å². The highest BCUT2D eigenvalue weighted by Crippen LogP contribution is 2.29. The van der Waals surface area contributed by atoms with Crippen molar-refractivity contribution in [2.24, 2.45) is 5.16 Å². The summed E-state index contributed by atoms with van der Waals surface area (Å²) < 4.78 is 21.8. The number of nitrogens with zero attached hydrogens (tertiary/aromatic N) is 6. The molecule has 10 nitrogen and oxygen atoms in total. The highest BCUT2D eigenvalue weighted by Gasteiger charge is 2.33. The first-order valence-electron chi connectivity index (χ1n) is 10.5. The molecule has 0 spiro atoms. The standard InChI is InChI=1S/C22H23FN6O4/c1-2-18(14-30)33-26-11-16-4-3-15(10-24-16)20-6-5-17(9-21(20)23)29-13-19(32-22(29)31)12-28-8-7-25-27-28/h3-11,18-19,30H,2,12-14H2,1H3/b26-11+. The van der Waals surface area contributed by atoms with E-state index in [0.29, 0.717) is 35.5 Å². The molecule has 11 heteroatoms. The van der Waals surface area contributed by atoms with Gasteiger partial charge in [-0.2, -0.15) is 0 Å². The molecule has 4 rings (SSSR count). The van der Waals surface area contributed by atoms with Crippen LogP contribution in [0.2, 0.25) is 0 Å². The maximum absolute atomic E-state index is 14.9. The van der Waals surface area contributed by atoms with Crippen molar-refractivity contribution < 1.29 is 23.9 Å². The van der Waals surface area contributed by atoms with Crippen LogP contribution in [0.1, 0.15) is 19.0 Å². The van der Waals surface area contributed by atoms with E-state index in [2.05, 4.69) is 20.5 Å². The van der Waals surface area contributed by atoms with E-state index in [1.54, 1.807) is 41.3 Å². The third-order valence-corrected chi connectivity index (χ3v) is 5.15. The monoisotopic (exact) mass is 454 g/mol. The quantitative estimate of drug-likeness (QED) is 0.390. The normalized spacial score (nSPS) is 16.9. The van der Waals surface area contributed by atoms with E-state index in [1.807, 2.05) is 6.92 Å². The van der Waals surface area contributed by atoms with Gasteiger partial charge in [0, 0.05) is 23.5 Å². The van der Waals surface area contributed by atoms with Gasteiger partial charge in [0.2, 0.25) is 0 Å². The number of benzene rings is 1. The maximum Gasteiger partial charge on any atom is 0.414 e. The molecular weight excluding hydrogens is 431 g/mol. The fourth-order valence-corrected chi connectivity index (χ4v) is 3.32. The van der Waals surface area contributed by atoms with Crippen LogP contribution in [0.5, 0.6) is 0 Å². The van der Waals surface area contributed by atoms with E-state index < -0.39 is 18.0 Å². The van der Waals surface area contributed by atoms with Gasteiger partial charge in [0.15, 0.2) is 0 Å². The average molecular weight is 454 g/mol. The van der Waals surface area contributed by atoms with E-state index in [4.69, 9.17) is 14.7 Å². The second kappa shape index (κ2) is 10.2. The van der Waals surface area contributed by atoms with Crippen molar-refractivity contribution in [1.29, 1.82) is 0 Å². The van der Waals surface area contributed by atoms with Gasteiger partial charge in [-0.25, -0.2) is 13.9 Å². The number of carbonyl (C=O) groups excluding carboxylic acids is 1. The minimum Gasteiger partial charge on any atom is -0.442 e. The van der Waals surface area contributed by atoms with E-state index in [-0.39, 0.29) is 19.3 Å². The molecule has 2 atom stereocenters. The lowest BCUT2D eigenvalue weighted by molar-refractivity contribution is 0.0155. The lowest BCUT2D eigenvalue weighted by Gasteiger charge is -2.14. The summed E-state index contributed by atoms with van der Waals surface area (Å²) in [6.07, 6.45) is 5.51. The van der Waals surface area contributed by atoms with Crippen LogP contribution in [0.4, 0.5) is 14.9 Å². The second-order valence-corrected chi connectivity index (χ2v) is 7.43. The Labute approximate surface area is 189 Å². The average Bonchev–Trinajstić information content (AvgIpc) is 3.47. The number of carbonyl (C=O) groups is 1. The summed E-state index contributed by atoms with van der Waals surface area (Å²) >= 11 is 0. The number of rotatable bonds is 9. The Bertz CT molecular complexity index is 1100. The Morgan fingerprint density at radius 2 is 2.27 bits per heavy atom. The van der Waals surface area contributed by atoms with Crippen LogP contribution in [0.25, 0.3) is 11.1 Å². The lowest BCUT2D eigenvalue weighted by atomic mass is 10.1. The van der Waals surface area contributed by atoms with E-state index in [9.17, 15) is 9.18 Å². The number of ether oxygens (including phenoxy) is 1. The number of halogens is 1. The lowest BCUT2D eigenvalue weighted by Crippen LogP contribution is -2.26. The van der Waals surface area contributed by atoms with Gasteiger partial charge in [-0.1, -0.05) is 23.4 Å². The van der Waals surface area contributed by atoms with E-state index in [0.717, 1.165) is 0 Å². The smallest absolute Gasteiger partial charge is 0.414 e. The summed E-state index contributed by atoms with van der Waals surface area (Å²) in [5.41, 5.74) is 1.86. The molecule has 2 unspecified atom stereocenters. The number of amides is 1. The number of oxime groups is 1. The molecule has 33 heavy (non-hydrogen) atoms. The number of anilines is 1. The largest absolute Gasteiger partial charge is 0.442 e. The van der Waals surface area contributed by atoms with Gasteiger partial charge in [-0.05, 0) is 30.7 Å². The second-order valence-electron chi connectivity index (χ2n) is 7.43. The first-order valence-corrected chi connectivity index (χ1v) is 10.5.